The van der Waals surface area contributed by atoms with Crippen molar-refractivity contribution in [3.05, 3.63) is 29.8 Å². The zero-order valence-corrected chi connectivity index (χ0v) is 16.0. The van der Waals surface area contributed by atoms with E-state index in [9.17, 15) is 28.0 Å². The summed E-state index contributed by atoms with van der Waals surface area (Å²) >= 11 is 0. The highest BCUT2D eigenvalue weighted by Crippen LogP contribution is 2.37. The number of imide groups is 1. The van der Waals surface area contributed by atoms with Gasteiger partial charge in [-0.1, -0.05) is 12.8 Å². The summed E-state index contributed by atoms with van der Waals surface area (Å²) in [5.41, 5.74) is 0.0210. The van der Waals surface area contributed by atoms with Crippen LogP contribution >= 0.6 is 0 Å². The van der Waals surface area contributed by atoms with E-state index in [1.807, 2.05) is 0 Å². The number of esters is 1. The molecule has 1 aromatic carbocycles. The molecule has 2 fully saturated rings. The second kappa shape index (κ2) is 8.67. The molecule has 29 heavy (non-hydrogen) atoms. The summed E-state index contributed by atoms with van der Waals surface area (Å²) in [6, 6.07) is 2.85. The third kappa shape index (κ3) is 4.60. The van der Waals surface area contributed by atoms with E-state index in [0.29, 0.717) is 12.8 Å². The number of carbonyl (C=O) groups excluding carboxylic acids is 4. The van der Waals surface area contributed by atoms with Crippen LogP contribution in [-0.4, -0.2) is 41.2 Å². The minimum atomic E-state index is -1.19. The van der Waals surface area contributed by atoms with E-state index in [1.54, 1.807) is 0 Å². The van der Waals surface area contributed by atoms with Gasteiger partial charge in [0.15, 0.2) is 17.7 Å². The first-order chi connectivity index (χ1) is 13.8. The van der Waals surface area contributed by atoms with Crippen molar-refractivity contribution >= 4 is 29.4 Å². The number of rotatable bonds is 6. The van der Waals surface area contributed by atoms with Gasteiger partial charge in [0.1, 0.15) is 0 Å². The number of fused-ring (bicyclic) bond motifs is 1. The molecule has 2 aliphatic rings. The summed E-state index contributed by atoms with van der Waals surface area (Å²) < 4.78 is 31.1. The SMILES string of the molecule is C[C@@H](OC(=O)CCN1C(=O)[C@H]2CCCC[C@@H]2C1=O)C(=O)Nc1ccc(F)c(F)c1. The third-order valence-electron chi connectivity index (χ3n) is 5.34. The van der Waals surface area contributed by atoms with Crippen LogP contribution in [0.15, 0.2) is 18.2 Å². The highest BCUT2D eigenvalue weighted by Gasteiger charge is 2.47. The molecule has 0 aromatic heterocycles. The molecule has 1 aliphatic carbocycles. The normalized spacial score (nSPS) is 22.2. The van der Waals surface area contributed by atoms with Crippen LogP contribution in [0.25, 0.3) is 0 Å². The van der Waals surface area contributed by atoms with Gasteiger partial charge in [-0.2, -0.15) is 0 Å². The molecule has 3 rings (SSSR count). The molecule has 156 valence electrons. The average molecular weight is 408 g/mol. The number of likely N-dealkylation sites (tertiary alicyclic amines) is 1. The average Bonchev–Trinajstić information content (AvgIpc) is 2.93. The molecule has 1 saturated heterocycles. The maximum atomic E-state index is 13.2. The van der Waals surface area contributed by atoms with Crippen LogP contribution in [-0.2, 0) is 23.9 Å². The number of hydrogen-bond acceptors (Lipinski definition) is 5. The van der Waals surface area contributed by atoms with Crippen molar-refractivity contribution < 1.29 is 32.7 Å². The van der Waals surface area contributed by atoms with Gasteiger partial charge in [0.2, 0.25) is 11.8 Å². The van der Waals surface area contributed by atoms with E-state index in [2.05, 4.69) is 5.32 Å². The first-order valence-electron chi connectivity index (χ1n) is 9.58. The molecule has 7 nitrogen and oxygen atoms in total. The zero-order valence-electron chi connectivity index (χ0n) is 16.0. The standard InChI is InChI=1S/C20H22F2N2O5/c1-11(18(26)23-12-6-7-15(21)16(22)10-12)29-17(25)8-9-24-19(27)13-4-2-3-5-14(13)20(24)28/h6-7,10-11,13-14H,2-5,8-9H2,1H3,(H,23,26)/t11-,13+,14+/m1/s1. The molecule has 0 radical (unpaired) electrons. The van der Waals surface area contributed by atoms with E-state index in [0.717, 1.165) is 29.9 Å². The molecule has 3 atom stereocenters. The van der Waals surface area contributed by atoms with Gasteiger partial charge in [0.05, 0.1) is 18.3 Å². The predicted molar refractivity (Wildman–Crippen MR) is 97.3 cm³/mol. The Bertz CT molecular complexity index is 820. The second-order valence-corrected chi connectivity index (χ2v) is 7.33. The Labute approximate surface area is 166 Å². The van der Waals surface area contributed by atoms with Crippen LogP contribution in [0.4, 0.5) is 14.5 Å². The minimum Gasteiger partial charge on any atom is -0.452 e. The number of anilines is 1. The van der Waals surface area contributed by atoms with Crippen LogP contribution in [0.2, 0.25) is 0 Å². The molecular formula is C20H22F2N2O5. The molecule has 3 amide bonds. The Balaban J connectivity index is 1.48. The fraction of sp³-hybridized carbons (Fsp3) is 0.500. The molecule has 1 aliphatic heterocycles. The fourth-order valence-corrected chi connectivity index (χ4v) is 3.78. The lowest BCUT2D eigenvalue weighted by Crippen LogP contribution is -2.35. The molecular weight excluding hydrogens is 386 g/mol. The van der Waals surface area contributed by atoms with Gasteiger partial charge in [-0.05, 0) is 31.9 Å². The van der Waals surface area contributed by atoms with Crippen LogP contribution < -0.4 is 5.32 Å². The fourth-order valence-electron chi connectivity index (χ4n) is 3.78. The van der Waals surface area contributed by atoms with Gasteiger partial charge in [0, 0.05) is 18.3 Å². The summed E-state index contributed by atoms with van der Waals surface area (Å²) in [4.78, 5) is 50.0. The number of benzene rings is 1. The lowest BCUT2D eigenvalue weighted by molar-refractivity contribution is -0.154. The number of nitrogens with zero attached hydrogens (tertiary/aromatic N) is 1. The number of ether oxygens (including phenoxy) is 1. The highest BCUT2D eigenvalue weighted by molar-refractivity contribution is 6.05. The van der Waals surface area contributed by atoms with Gasteiger partial charge < -0.3 is 10.1 Å². The molecule has 1 aromatic rings. The van der Waals surface area contributed by atoms with Crippen molar-refractivity contribution in [3.8, 4) is 0 Å². The molecule has 9 heteroatoms. The Kier molecular flexibility index (Phi) is 6.24. The Morgan fingerprint density at radius 1 is 1.14 bits per heavy atom. The Morgan fingerprint density at radius 2 is 1.76 bits per heavy atom. The van der Waals surface area contributed by atoms with Crippen LogP contribution in [0.1, 0.15) is 39.0 Å². The van der Waals surface area contributed by atoms with E-state index < -0.39 is 29.6 Å². The maximum absolute atomic E-state index is 13.2. The van der Waals surface area contributed by atoms with Gasteiger partial charge in [-0.25, -0.2) is 8.78 Å². The van der Waals surface area contributed by atoms with Crippen LogP contribution in [0, 0.1) is 23.5 Å². The number of carbonyl (C=O) groups is 4. The van der Waals surface area contributed by atoms with Gasteiger partial charge in [0.25, 0.3) is 5.91 Å². The smallest absolute Gasteiger partial charge is 0.308 e. The number of hydrogen-bond donors (Lipinski definition) is 1. The van der Waals surface area contributed by atoms with Crippen LogP contribution in [0.3, 0.4) is 0 Å². The van der Waals surface area contributed by atoms with Gasteiger partial charge in [-0.15, -0.1) is 0 Å². The quantitative estimate of drug-likeness (QED) is 0.576. The zero-order chi connectivity index (χ0) is 21.1. The van der Waals surface area contributed by atoms with E-state index in [4.69, 9.17) is 4.74 Å². The third-order valence-corrected chi connectivity index (χ3v) is 5.34. The highest BCUT2D eigenvalue weighted by atomic mass is 19.2. The van der Waals surface area contributed by atoms with E-state index >= 15 is 0 Å². The van der Waals surface area contributed by atoms with E-state index in [-0.39, 0.29) is 42.3 Å². The Hall–Kier alpha value is -2.84. The molecule has 1 saturated carbocycles. The van der Waals surface area contributed by atoms with Crippen molar-refractivity contribution in [1.82, 2.24) is 4.90 Å². The number of nitrogens with one attached hydrogen (secondary N) is 1. The van der Waals surface area contributed by atoms with Crippen molar-refractivity contribution in [2.75, 3.05) is 11.9 Å². The molecule has 0 bridgehead atoms. The second-order valence-electron chi connectivity index (χ2n) is 7.33. The molecule has 0 unspecified atom stereocenters. The largest absolute Gasteiger partial charge is 0.452 e. The number of halogens is 2. The summed E-state index contributed by atoms with van der Waals surface area (Å²) in [5.74, 6) is -4.67. The van der Waals surface area contributed by atoms with Crippen molar-refractivity contribution in [2.45, 2.75) is 45.1 Å². The molecule has 1 N–H and O–H groups in total. The van der Waals surface area contributed by atoms with Crippen LogP contribution in [0.5, 0.6) is 0 Å². The van der Waals surface area contributed by atoms with Crippen molar-refractivity contribution in [3.63, 3.8) is 0 Å². The summed E-state index contributed by atoms with van der Waals surface area (Å²) in [7, 11) is 0. The lowest BCUT2D eigenvalue weighted by atomic mass is 9.81. The topological polar surface area (TPSA) is 92.8 Å². The summed E-state index contributed by atoms with van der Waals surface area (Å²) in [6.07, 6.45) is 1.80. The van der Waals surface area contributed by atoms with Gasteiger partial charge >= 0.3 is 5.97 Å². The predicted octanol–water partition coefficient (Wildman–Crippen LogP) is 2.40. The summed E-state index contributed by atoms with van der Waals surface area (Å²) in [6.45, 7) is 1.24. The summed E-state index contributed by atoms with van der Waals surface area (Å²) in [5, 5.41) is 2.32. The monoisotopic (exact) mass is 408 g/mol. The maximum Gasteiger partial charge on any atom is 0.308 e. The first kappa shape index (κ1) is 20.9. The van der Waals surface area contributed by atoms with Crippen molar-refractivity contribution in [2.24, 2.45) is 11.8 Å². The first-order valence-corrected chi connectivity index (χ1v) is 9.58. The van der Waals surface area contributed by atoms with E-state index in [1.165, 1.54) is 13.0 Å². The number of amides is 3. The van der Waals surface area contributed by atoms with Crippen molar-refractivity contribution in [1.29, 1.82) is 0 Å². The molecule has 1 heterocycles. The Morgan fingerprint density at radius 3 is 2.34 bits per heavy atom. The lowest BCUT2D eigenvalue weighted by Gasteiger charge is -2.19. The minimum absolute atomic E-state index is 0.0210. The van der Waals surface area contributed by atoms with Gasteiger partial charge in [-0.3, -0.25) is 24.1 Å². The molecule has 0 spiro atoms.